The number of hydrogen-bond acceptors (Lipinski definition) is 6. The van der Waals surface area contributed by atoms with Crippen LogP contribution in [0.3, 0.4) is 0 Å². The van der Waals surface area contributed by atoms with Crippen LogP contribution in [0.25, 0.3) is 0 Å². The van der Waals surface area contributed by atoms with E-state index in [4.69, 9.17) is 5.73 Å². The van der Waals surface area contributed by atoms with E-state index in [9.17, 15) is 5.11 Å². The molecule has 1 aromatic heterocycles. The topological polar surface area (TPSA) is 84.1 Å². The lowest BCUT2D eigenvalue weighted by molar-refractivity contribution is 0.00501. The molecule has 6 heteroatoms. The number of nitrogens with one attached hydrogen (secondary N) is 1. The Balaban J connectivity index is 1.85. The van der Waals surface area contributed by atoms with Gasteiger partial charge < -0.3 is 16.2 Å². The van der Waals surface area contributed by atoms with E-state index in [1.165, 1.54) is 11.5 Å². The number of nitrogen functional groups attached to an aromatic ring is 1. The van der Waals surface area contributed by atoms with Crippen molar-refractivity contribution in [1.29, 1.82) is 0 Å². The molecule has 1 heterocycles. The molecule has 5 nitrogen and oxygen atoms in total. The molecule has 0 bridgehead atoms. The van der Waals surface area contributed by atoms with E-state index in [0.717, 1.165) is 31.6 Å². The van der Waals surface area contributed by atoms with Crippen LogP contribution in [0.2, 0.25) is 0 Å². The van der Waals surface area contributed by atoms with Crippen LogP contribution in [-0.4, -0.2) is 26.6 Å². The third-order valence-electron chi connectivity index (χ3n) is 3.22. The molecule has 16 heavy (non-hydrogen) atoms. The summed E-state index contributed by atoms with van der Waals surface area (Å²) in [5, 5.41) is 14.1. The first-order valence-electron chi connectivity index (χ1n) is 5.63. The molecule has 1 aliphatic carbocycles. The van der Waals surface area contributed by atoms with E-state index in [0.29, 0.717) is 11.7 Å². The number of nitrogens with zero attached hydrogens (tertiary/aromatic N) is 2. The fourth-order valence-corrected chi connectivity index (χ4v) is 2.51. The summed E-state index contributed by atoms with van der Waals surface area (Å²) in [5.41, 5.74) is 4.83. The molecule has 1 saturated carbocycles. The molecule has 0 radical (unpaired) electrons. The van der Waals surface area contributed by atoms with Crippen LogP contribution in [0.5, 0.6) is 0 Å². The van der Waals surface area contributed by atoms with Gasteiger partial charge in [0.15, 0.2) is 0 Å². The van der Waals surface area contributed by atoms with Crippen molar-refractivity contribution in [3.63, 3.8) is 0 Å². The van der Waals surface area contributed by atoms with Crippen molar-refractivity contribution in [2.24, 2.45) is 5.92 Å². The summed E-state index contributed by atoms with van der Waals surface area (Å²) in [5.74, 6) is 1.02. The Hall–Kier alpha value is -0.880. The van der Waals surface area contributed by atoms with Gasteiger partial charge in [0.05, 0.1) is 5.60 Å². The van der Waals surface area contributed by atoms with Crippen LogP contribution in [0.15, 0.2) is 0 Å². The quantitative estimate of drug-likeness (QED) is 0.747. The second-order valence-electron chi connectivity index (χ2n) is 4.72. The average molecular weight is 242 g/mol. The first kappa shape index (κ1) is 11.6. The summed E-state index contributed by atoms with van der Waals surface area (Å²) in [7, 11) is 0. The Morgan fingerprint density at radius 1 is 1.56 bits per heavy atom. The van der Waals surface area contributed by atoms with E-state index in [1.54, 1.807) is 0 Å². The highest BCUT2D eigenvalue weighted by Crippen LogP contribution is 2.32. The van der Waals surface area contributed by atoms with E-state index in [2.05, 4.69) is 21.6 Å². The van der Waals surface area contributed by atoms with Crippen molar-refractivity contribution >= 4 is 22.6 Å². The zero-order valence-corrected chi connectivity index (χ0v) is 10.3. The molecule has 0 spiro atoms. The van der Waals surface area contributed by atoms with E-state index >= 15 is 0 Å². The second-order valence-corrected chi connectivity index (χ2v) is 5.47. The molecule has 0 unspecified atom stereocenters. The van der Waals surface area contributed by atoms with Gasteiger partial charge in [0.1, 0.15) is 0 Å². The number of anilines is 2. The minimum Gasteiger partial charge on any atom is -0.388 e. The number of rotatable bonds is 3. The van der Waals surface area contributed by atoms with Gasteiger partial charge >= 0.3 is 0 Å². The predicted octanol–water partition coefficient (Wildman–Crippen LogP) is 1.47. The van der Waals surface area contributed by atoms with Crippen molar-refractivity contribution in [2.75, 3.05) is 17.6 Å². The Morgan fingerprint density at radius 2 is 2.25 bits per heavy atom. The highest BCUT2D eigenvalue weighted by molar-refractivity contribution is 7.09. The smallest absolute Gasteiger partial charge is 0.233 e. The van der Waals surface area contributed by atoms with Gasteiger partial charge in [0.2, 0.25) is 11.1 Å². The third kappa shape index (κ3) is 2.82. The molecule has 1 fully saturated rings. The minimum absolute atomic E-state index is 0.289. The summed E-state index contributed by atoms with van der Waals surface area (Å²) >= 11 is 1.23. The zero-order chi connectivity index (χ0) is 11.6. The van der Waals surface area contributed by atoms with Gasteiger partial charge in [0, 0.05) is 18.1 Å². The second kappa shape index (κ2) is 4.55. The number of aromatic nitrogens is 2. The lowest BCUT2D eigenvalue weighted by atomic mass is 9.79. The summed E-state index contributed by atoms with van der Waals surface area (Å²) in [6.45, 7) is 2.77. The van der Waals surface area contributed by atoms with Crippen molar-refractivity contribution in [2.45, 2.75) is 38.2 Å². The largest absolute Gasteiger partial charge is 0.388 e. The molecular formula is C10H18N4OS. The maximum Gasteiger partial charge on any atom is 0.233 e. The molecule has 0 aromatic carbocycles. The van der Waals surface area contributed by atoms with E-state index in [1.807, 2.05) is 0 Å². The molecule has 1 aliphatic rings. The van der Waals surface area contributed by atoms with Crippen LogP contribution < -0.4 is 11.1 Å². The monoisotopic (exact) mass is 242 g/mol. The van der Waals surface area contributed by atoms with Gasteiger partial charge in [-0.05, 0) is 31.6 Å². The van der Waals surface area contributed by atoms with Gasteiger partial charge in [-0.1, -0.05) is 6.92 Å². The molecule has 4 N–H and O–H groups in total. The van der Waals surface area contributed by atoms with Crippen LogP contribution in [0.4, 0.5) is 11.1 Å². The van der Waals surface area contributed by atoms with Crippen LogP contribution in [0.1, 0.15) is 32.6 Å². The van der Waals surface area contributed by atoms with Crippen LogP contribution >= 0.6 is 11.5 Å². The van der Waals surface area contributed by atoms with Gasteiger partial charge in [0.25, 0.3) is 0 Å². The normalized spacial score (nSPS) is 30.2. The van der Waals surface area contributed by atoms with Crippen molar-refractivity contribution in [3.8, 4) is 0 Å². The van der Waals surface area contributed by atoms with Crippen molar-refractivity contribution in [1.82, 2.24) is 9.36 Å². The Morgan fingerprint density at radius 3 is 2.81 bits per heavy atom. The number of aliphatic hydroxyl groups is 1. The van der Waals surface area contributed by atoms with Gasteiger partial charge in [-0.25, -0.2) is 0 Å². The standard InChI is InChI=1S/C10H18N4OS/c1-7-2-4-10(15,5-3-7)6-12-9-13-8(11)14-16-9/h7,15H,2-6H2,1H3,(H3,11,12,13,14). The van der Waals surface area contributed by atoms with E-state index < -0.39 is 5.60 Å². The first-order chi connectivity index (χ1) is 7.57. The Labute approximate surface area is 99.2 Å². The lowest BCUT2D eigenvalue weighted by Gasteiger charge is -2.34. The summed E-state index contributed by atoms with van der Waals surface area (Å²) in [6.07, 6.45) is 3.90. The Bertz CT molecular complexity index is 346. The Kier molecular flexibility index (Phi) is 3.30. The fraction of sp³-hybridized carbons (Fsp3) is 0.800. The van der Waals surface area contributed by atoms with E-state index in [-0.39, 0.29) is 5.95 Å². The fourth-order valence-electron chi connectivity index (χ4n) is 2.02. The molecule has 0 aliphatic heterocycles. The van der Waals surface area contributed by atoms with Gasteiger partial charge in [-0.15, -0.1) is 0 Å². The molecule has 2 rings (SSSR count). The summed E-state index contributed by atoms with van der Waals surface area (Å²) in [6, 6.07) is 0. The highest BCUT2D eigenvalue weighted by Gasteiger charge is 2.31. The molecule has 1 aromatic rings. The average Bonchev–Trinajstić information content (AvgIpc) is 2.67. The molecule has 0 amide bonds. The maximum atomic E-state index is 10.3. The molecule has 90 valence electrons. The molecular weight excluding hydrogens is 224 g/mol. The maximum absolute atomic E-state index is 10.3. The predicted molar refractivity (Wildman–Crippen MR) is 65.4 cm³/mol. The highest BCUT2D eigenvalue weighted by atomic mass is 32.1. The molecule has 0 saturated heterocycles. The zero-order valence-electron chi connectivity index (χ0n) is 9.44. The van der Waals surface area contributed by atoms with Crippen molar-refractivity contribution < 1.29 is 5.11 Å². The number of hydrogen-bond donors (Lipinski definition) is 3. The number of nitrogens with two attached hydrogens (primary N) is 1. The van der Waals surface area contributed by atoms with Gasteiger partial charge in [-0.3, -0.25) is 0 Å². The SMILES string of the molecule is CC1CCC(O)(CNc2nc(N)ns2)CC1. The summed E-state index contributed by atoms with van der Waals surface area (Å²) < 4.78 is 3.88. The van der Waals surface area contributed by atoms with Crippen LogP contribution in [0, 0.1) is 5.92 Å². The first-order valence-corrected chi connectivity index (χ1v) is 6.40. The van der Waals surface area contributed by atoms with Crippen LogP contribution in [-0.2, 0) is 0 Å². The molecule has 0 atom stereocenters. The third-order valence-corrected chi connectivity index (χ3v) is 3.90. The lowest BCUT2D eigenvalue weighted by Crippen LogP contribution is -2.40. The van der Waals surface area contributed by atoms with Crippen molar-refractivity contribution in [3.05, 3.63) is 0 Å². The summed E-state index contributed by atoms with van der Waals surface area (Å²) in [4.78, 5) is 4.00. The van der Waals surface area contributed by atoms with Gasteiger partial charge in [-0.2, -0.15) is 9.36 Å². The minimum atomic E-state index is -0.590.